The number of phosphoric acid groups is 1. The largest absolute Gasteiger partial charge is 0.474 e. The fourth-order valence-electron chi connectivity index (χ4n) is 6.83. The van der Waals surface area contributed by atoms with E-state index in [-0.39, 0.29) is 6.61 Å². The van der Waals surface area contributed by atoms with E-state index in [9.17, 15) is 29.9 Å². The van der Waals surface area contributed by atoms with E-state index in [0.29, 0.717) is 12.3 Å². The lowest BCUT2D eigenvalue weighted by molar-refractivity contribution is -0.281. The Kier molecular flexibility index (Phi) is 24.7. The number of hydrogen-bond donors (Lipinski definition) is 5. The van der Waals surface area contributed by atoms with Gasteiger partial charge in [0.05, 0.1) is 13.2 Å². The number of hydrogen-bond acceptors (Lipinski definition) is 8. The molecule has 1 rings (SSSR count). The quantitative estimate of drug-likeness (QED) is 0.0384. The van der Waals surface area contributed by atoms with Gasteiger partial charge >= 0.3 is 7.82 Å². The van der Waals surface area contributed by atoms with Crippen molar-refractivity contribution >= 4 is 7.82 Å². The van der Waals surface area contributed by atoms with Crippen LogP contribution in [0.25, 0.3) is 0 Å². The molecule has 0 aliphatic carbocycles. The minimum atomic E-state index is -4.58. The Morgan fingerprint density at radius 3 is 1.40 bits per heavy atom. The van der Waals surface area contributed by atoms with E-state index in [2.05, 4.69) is 41.5 Å². The average Bonchev–Trinajstić information content (AvgIpc) is 3.01. The Hall–Kier alpha value is -0.0900. The lowest BCUT2D eigenvalue weighted by Gasteiger charge is -2.39. The molecule has 0 radical (unpaired) electrons. The smallest absolute Gasteiger partial charge is 0.394 e. The lowest BCUT2D eigenvalue weighted by Crippen LogP contribution is -2.58. The highest BCUT2D eigenvalue weighted by Crippen LogP contribution is 2.46. The van der Waals surface area contributed by atoms with Gasteiger partial charge in [-0.2, -0.15) is 0 Å². The second-order valence-electron chi connectivity index (χ2n) is 15.3. The maximum Gasteiger partial charge on any atom is 0.474 e. The highest BCUT2D eigenvalue weighted by Gasteiger charge is 2.46. The molecule has 10 heteroatoms. The number of aliphatic hydroxyl groups is 4. The van der Waals surface area contributed by atoms with Crippen molar-refractivity contribution in [1.29, 1.82) is 0 Å². The van der Waals surface area contributed by atoms with Crippen LogP contribution in [0.2, 0.25) is 0 Å². The first-order valence-electron chi connectivity index (χ1n) is 19.3. The minimum absolute atomic E-state index is 0.00156. The Morgan fingerprint density at radius 2 is 1.00 bits per heavy atom. The summed E-state index contributed by atoms with van der Waals surface area (Å²) in [5.74, 6) is 3.77. The average molecular weight is 695 g/mol. The molecule has 9 nitrogen and oxygen atoms in total. The summed E-state index contributed by atoms with van der Waals surface area (Å²) in [6.07, 6.45) is 16.2. The molecule has 0 aromatic heterocycles. The molecule has 0 aromatic carbocycles. The highest BCUT2D eigenvalue weighted by molar-refractivity contribution is 7.47. The fourth-order valence-corrected chi connectivity index (χ4v) is 7.69. The van der Waals surface area contributed by atoms with Crippen LogP contribution in [0, 0.1) is 29.6 Å². The number of ether oxygens (including phenoxy) is 1. The van der Waals surface area contributed by atoms with Crippen molar-refractivity contribution in [2.24, 2.45) is 29.6 Å². The molecule has 0 aromatic rings. The third kappa shape index (κ3) is 21.0. The fraction of sp³-hybridized carbons (Fsp3) is 1.00. The van der Waals surface area contributed by atoms with Gasteiger partial charge in [0.1, 0.15) is 24.4 Å². The van der Waals surface area contributed by atoms with E-state index in [0.717, 1.165) is 36.5 Å². The van der Waals surface area contributed by atoms with Crippen LogP contribution in [0.5, 0.6) is 0 Å². The first-order chi connectivity index (χ1) is 22.3. The van der Waals surface area contributed by atoms with Crippen LogP contribution in [-0.4, -0.2) is 69.2 Å². The van der Waals surface area contributed by atoms with Crippen LogP contribution in [-0.2, 0) is 18.3 Å². The molecule has 3 unspecified atom stereocenters. The van der Waals surface area contributed by atoms with Gasteiger partial charge in [0.2, 0.25) is 0 Å². The zero-order valence-electron chi connectivity index (χ0n) is 30.9. The van der Waals surface area contributed by atoms with E-state index in [1.807, 2.05) is 0 Å². The summed E-state index contributed by atoms with van der Waals surface area (Å²) in [6.45, 7) is 13.5. The predicted octanol–water partition coefficient (Wildman–Crippen LogP) is 8.53. The molecule has 0 amide bonds. The third-order valence-electron chi connectivity index (χ3n) is 10.3. The standard InChI is InChI=1S/C37H75O9P/c1-7-8-9-10-16-28(2)17-11-18-29(3)19-12-20-30(4)21-13-22-31(5)23-14-24-32(6)25-15-26-44-47(42,43)46-37-36(41)35(40)34(39)33(27-38)45-37/h28-41H,7-27H2,1-6H3,(H,42,43)/t28-,29-,30-,31-,32-,33?,34+,35-,36?,37-/m0/s1. The Bertz CT molecular complexity index is 800. The van der Waals surface area contributed by atoms with Crippen molar-refractivity contribution in [2.45, 2.75) is 194 Å². The molecule has 0 bridgehead atoms. The number of rotatable bonds is 29. The molecular weight excluding hydrogens is 619 g/mol. The van der Waals surface area contributed by atoms with Gasteiger partial charge in [-0.25, -0.2) is 4.57 Å². The molecule has 1 aliphatic heterocycles. The molecule has 1 heterocycles. The third-order valence-corrected chi connectivity index (χ3v) is 11.3. The molecule has 1 saturated heterocycles. The molecule has 0 saturated carbocycles. The van der Waals surface area contributed by atoms with E-state index in [4.69, 9.17) is 13.8 Å². The van der Waals surface area contributed by atoms with Crippen LogP contribution in [0.15, 0.2) is 0 Å². The van der Waals surface area contributed by atoms with Crippen molar-refractivity contribution in [3.63, 3.8) is 0 Å². The second-order valence-corrected chi connectivity index (χ2v) is 16.8. The highest BCUT2D eigenvalue weighted by atomic mass is 31.2. The maximum absolute atomic E-state index is 12.3. The second kappa shape index (κ2) is 25.8. The van der Waals surface area contributed by atoms with Crippen molar-refractivity contribution in [3.8, 4) is 0 Å². The SMILES string of the molecule is CCCCCC[C@H](C)CCC[C@H](C)CCC[C@H](C)CCC[C@H](C)CCC[C@H](C)CCCOP(=O)(O)O[C@@H]1OC(CO)[C@@H](O)[C@H](O)C1O. The molecular formula is C37H75O9P. The van der Waals surface area contributed by atoms with Crippen molar-refractivity contribution in [3.05, 3.63) is 0 Å². The lowest BCUT2D eigenvalue weighted by atomic mass is 9.89. The molecule has 282 valence electrons. The minimum Gasteiger partial charge on any atom is -0.394 e. The Morgan fingerprint density at radius 1 is 0.596 bits per heavy atom. The molecule has 11 atom stereocenters. The van der Waals surface area contributed by atoms with Crippen molar-refractivity contribution in [1.82, 2.24) is 0 Å². The number of aliphatic hydroxyl groups excluding tert-OH is 4. The van der Waals surface area contributed by atoms with Gasteiger partial charge in [-0.05, 0) is 42.4 Å². The van der Waals surface area contributed by atoms with Crippen LogP contribution in [0.1, 0.15) is 164 Å². The van der Waals surface area contributed by atoms with Gasteiger partial charge < -0.3 is 30.1 Å². The van der Waals surface area contributed by atoms with E-state index >= 15 is 0 Å². The van der Waals surface area contributed by atoms with Crippen molar-refractivity contribution < 1.29 is 43.7 Å². The van der Waals surface area contributed by atoms with E-state index in [1.165, 1.54) is 103 Å². The maximum atomic E-state index is 12.3. The van der Waals surface area contributed by atoms with Crippen LogP contribution < -0.4 is 0 Å². The van der Waals surface area contributed by atoms with E-state index in [1.54, 1.807) is 0 Å². The predicted molar refractivity (Wildman–Crippen MR) is 190 cm³/mol. The summed E-state index contributed by atoms with van der Waals surface area (Å²) in [5.41, 5.74) is 0. The zero-order chi connectivity index (χ0) is 35.2. The number of unbranched alkanes of at least 4 members (excludes halogenated alkanes) is 3. The first kappa shape index (κ1) is 44.9. The van der Waals surface area contributed by atoms with Gasteiger partial charge in [-0.15, -0.1) is 0 Å². The molecule has 1 aliphatic rings. The van der Waals surface area contributed by atoms with Gasteiger partial charge in [-0.1, -0.05) is 151 Å². The topological polar surface area (TPSA) is 146 Å². The summed E-state index contributed by atoms with van der Waals surface area (Å²) in [5, 5.41) is 38.9. The van der Waals surface area contributed by atoms with Crippen LogP contribution >= 0.6 is 7.82 Å². The molecule has 5 N–H and O–H groups in total. The molecule has 1 fully saturated rings. The zero-order valence-corrected chi connectivity index (χ0v) is 31.8. The summed E-state index contributed by atoms with van der Waals surface area (Å²) >= 11 is 0. The van der Waals surface area contributed by atoms with Gasteiger partial charge in [0.15, 0.2) is 6.29 Å². The summed E-state index contributed by atoms with van der Waals surface area (Å²) in [4.78, 5) is 10.0. The van der Waals surface area contributed by atoms with Crippen molar-refractivity contribution in [2.75, 3.05) is 13.2 Å². The van der Waals surface area contributed by atoms with Crippen LogP contribution in [0.4, 0.5) is 0 Å². The summed E-state index contributed by atoms with van der Waals surface area (Å²) in [6, 6.07) is 0. The normalized spacial score (nSPS) is 26.4. The Balaban J connectivity index is 2.07. The molecule has 47 heavy (non-hydrogen) atoms. The summed E-state index contributed by atoms with van der Waals surface area (Å²) < 4.78 is 27.4. The first-order valence-corrected chi connectivity index (χ1v) is 20.7. The molecule has 0 spiro atoms. The van der Waals surface area contributed by atoms with Gasteiger partial charge in [0.25, 0.3) is 0 Å². The van der Waals surface area contributed by atoms with E-state index < -0.39 is 45.1 Å². The summed E-state index contributed by atoms with van der Waals surface area (Å²) in [7, 11) is -4.58. The van der Waals surface area contributed by atoms with Gasteiger partial charge in [0, 0.05) is 0 Å². The number of phosphoric ester groups is 1. The monoisotopic (exact) mass is 695 g/mol. The van der Waals surface area contributed by atoms with Gasteiger partial charge in [-0.3, -0.25) is 9.05 Å². The Labute approximate surface area is 288 Å². The van der Waals surface area contributed by atoms with Crippen LogP contribution in [0.3, 0.4) is 0 Å².